The van der Waals surface area contributed by atoms with Gasteiger partial charge in [0.2, 0.25) is 0 Å². The quantitative estimate of drug-likeness (QED) is 0.276. The van der Waals surface area contributed by atoms with Gasteiger partial charge in [-0.25, -0.2) is 13.4 Å². The maximum atomic E-state index is 13.1. The summed E-state index contributed by atoms with van der Waals surface area (Å²) in [6.07, 6.45) is 0. The largest absolute Gasteiger partial charge is 0.497 e. The average molecular weight is 516 g/mol. The number of methoxy groups -OCH3 is 1. The molecule has 5 aromatic rings. The molecule has 9 heteroatoms. The zero-order chi connectivity index (χ0) is 25.1. The van der Waals surface area contributed by atoms with Crippen LogP contribution < -0.4 is 14.8 Å². The molecule has 180 valence electrons. The summed E-state index contributed by atoms with van der Waals surface area (Å²) in [6, 6.07) is 27.7. The van der Waals surface area contributed by atoms with Gasteiger partial charge in [0.25, 0.3) is 15.9 Å². The van der Waals surface area contributed by atoms with Gasteiger partial charge < -0.3 is 10.1 Å². The molecule has 1 amide bonds. The van der Waals surface area contributed by atoms with E-state index in [0.29, 0.717) is 17.0 Å². The summed E-state index contributed by atoms with van der Waals surface area (Å²) in [7, 11) is -2.33. The summed E-state index contributed by atoms with van der Waals surface area (Å²) in [5.74, 6) is 0.188. The van der Waals surface area contributed by atoms with Crippen LogP contribution in [0, 0.1) is 0 Å². The summed E-state index contributed by atoms with van der Waals surface area (Å²) in [4.78, 5) is 17.9. The van der Waals surface area contributed by atoms with E-state index in [4.69, 9.17) is 9.72 Å². The lowest BCUT2D eigenvalue weighted by Crippen LogP contribution is -2.15. The average Bonchev–Trinajstić information content (AvgIpc) is 3.33. The number of hydrogen-bond donors (Lipinski definition) is 2. The van der Waals surface area contributed by atoms with Crippen LogP contribution in [0.5, 0.6) is 5.75 Å². The zero-order valence-corrected chi connectivity index (χ0v) is 20.8. The van der Waals surface area contributed by atoms with Crippen LogP contribution in [0.25, 0.3) is 20.8 Å². The molecule has 2 N–H and O–H groups in total. The third-order valence-electron chi connectivity index (χ3n) is 5.45. The second-order valence-corrected chi connectivity index (χ2v) is 10.6. The van der Waals surface area contributed by atoms with Crippen LogP contribution in [0.1, 0.15) is 10.4 Å². The fourth-order valence-corrected chi connectivity index (χ4v) is 5.71. The number of carbonyl (C=O) groups excluding carboxylic acids is 1. The van der Waals surface area contributed by atoms with E-state index >= 15 is 0 Å². The van der Waals surface area contributed by atoms with E-state index in [1.165, 1.54) is 25.3 Å². The molecule has 0 saturated carbocycles. The number of aromatic nitrogens is 1. The third kappa shape index (κ3) is 4.93. The number of fused-ring (bicyclic) bond motifs is 1. The lowest BCUT2D eigenvalue weighted by atomic mass is 10.1. The molecule has 5 rings (SSSR count). The standard InChI is InChI=1S/C27H21N3O4S2/c1-34-20-13-15-21(16-14-20)36(32,33)30-19-8-6-7-18(17-19)26(31)28-23-10-3-2-9-22(23)27-29-24-11-4-5-12-25(24)35-27/h2-17,30H,1H3,(H,28,31). The van der Waals surface area contributed by atoms with Gasteiger partial charge in [-0.2, -0.15) is 0 Å². The molecule has 4 aromatic carbocycles. The second kappa shape index (κ2) is 9.80. The van der Waals surface area contributed by atoms with Crippen molar-refractivity contribution in [2.24, 2.45) is 0 Å². The molecular weight excluding hydrogens is 494 g/mol. The van der Waals surface area contributed by atoms with E-state index in [2.05, 4.69) is 10.0 Å². The van der Waals surface area contributed by atoms with Crippen molar-refractivity contribution in [3.8, 4) is 16.3 Å². The van der Waals surface area contributed by atoms with Crippen molar-refractivity contribution in [2.45, 2.75) is 4.90 Å². The minimum Gasteiger partial charge on any atom is -0.497 e. The summed E-state index contributed by atoms with van der Waals surface area (Å²) in [5.41, 5.74) is 2.91. The van der Waals surface area contributed by atoms with Crippen LogP contribution in [0.4, 0.5) is 11.4 Å². The number of benzene rings is 4. The highest BCUT2D eigenvalue weighted by molar-refractivity contribution is 7.92. The molecule has 0 aliphatic carbocycles. The Morgan fingerprint density at radius 1 is 0.889 bits per heavy atom. The van der Waals surface area contributed by atoms with E-state index in [1.54, 1.807) is 41.7 Å². The van der Waals surface area contributed by atoms with Gasteiger partial charge in [-0.05, 0) is 66.7 Å². The SMILES string of the molecule is COc1ccc(S(=O)(=O)Nc2cccc(C(=O)Nc3ccccc3-c3nc4ccccc4s3)c2)cc1. The summed E-state index contributed by atoms with van der Waals surface area (Å²) in [5, 5.41) is 3.74. The van der Waals surface area contributed by atoms with Gasteiger partial charge in [-0.15, -0.1) is 11.3 Å². The molecule has 0 fully saturated rings. The Hall–Kier alpha value is -4.21. The third-order valence-corrected chi connectivity index (χ3v) is 7.91. The van der Waals surface area contributed by atoms with Crippen molar-refractivity contribution < 1.29 is 17.9 Å². The maximum Gasteiger partial charge on any atom is 0.261 e. The first-order chi connectivity index (χ1) is 17.4. The molecular formula is C27H21N3O4S2. The molecule has 0 aliphatic rings. The number of thiazole rings is 1. The molecule has 1 heterocycles. The Morgan fingerprint density at radius 3 is 2.42 bits per heavy atom. The highest BCUT2D eigenvalue weighted by Crippen LogP contribution is 2.34. The number of carbonyl (C=O) groups is 1. The summed E-state index contributed by atoms with van der Waals surface area (Å²) >= 11 is 1.55. The van der Waals surface area contributed by atoms with E-state index in [-0.39, 0.29) is 16.5 Å². The molecule has 1 aromatic heterocycles. The Bertz CT molecular complexity index is 1630. The van der Waals surface area contributed by atoms with Crippen LogP contribution in [-0.2, 0) is 10.0 Å². The summed E-state index contributed by atoms with van der Waals surface area (Å²) in [6.45, 7) is 0. The van der Waals surface area contributed by atoms with Crippen molar-refractivity contribution in [1.29, 1.82) is 0 Å². The number of amides is 1. The first kappa shape index (κ1) is 23.5. The van der Waals surface area contributed by atoms with E-state index in [0.717, 1.165) is 20.8 Å². The number of nitrogens with zero attached hydrogens (tertiary/aromatic N) is 1. The number of anilines is 2. The monoisotopic (exact) mass is 515 g/mol. The molecule has 0 radical (unpaired) electrons. The minimum absolute atomic E-state index is 0.0860. The van der Waals surface area contributed by atoms with Crippen LogP contribution in [0.15, 0.2) is 102 Å². The smallest absolute Gasteiger partial charge is 0.261 e. The Balaban J connectivity index is 1.37. The molecule has 0 spiro atoms. The Morgan fingerprint density at radius 2 is 1.64 bits per heavy atom. The molecule has 0 unspecified atom stereocenters. The van der Waals surface area contributed by atoms with Gasteiger partial charge in [0.15, 0.2) is 0 Å². The first-order valence-corrected chi connectivity index (χ1v) is 13.3. The van der Waals surface area contributed by atoms with Gasteiger partial charge in [-0.1, -0.05) is 30.3 Å². The fourth-order valence-electron chi connectivity index (χ4n) is 3.65. The second-order valence-electron chi connectivity index (χ2n) is 7.85. The molecule has 7 nitrogen and oxygen atoms in total. The van der Waals surface area contributed by atoms with Crippen LogP contribution in [0.2, 0.25) is 0 Å². The van der Waals surface area contributed by atoms with E-state index in [9.17, 15) is 13.2 Å². The normalized spacial score (nSPS) is 11.2. The van der Waals surface area contributed by atoms with Crippen LogP contribution in [-0.4, -0.2) is 26.4 Å². The van der Waals surface area contributed by atoms with Gasteiger partial charge in [-0.3, -0.25) is 9.52 Å². The Labute approximate surface area is 212 Å². The number of rotatable bonds is 7. The van der Waals surface area contributed by atoms with Gasteiger partial charge >= 0.3 is 0 Å². The number of para-hydroxylation sites is 2. The summed E-state index contributed by atoms with van der Waals surface area (Å²) < 4.78 is 34.2. The van der Waals surface area contributed by atoms with Gasteiger partial charge in [0, 0.05) is 16.8 Å². The predicted molar refractivity (Wildman–Crippen MR) is 143 cm³/mol. The lowest BCUT2D eigenvalue weighted by molar-refractivity contribution is 0.102. The maximum absolute atomic E-state index is 13.1. The first-order valence-electron chi connectivity index (χ1n) is 11.0. The number of sulfonamides is 1. The van der Waals surface area contributed by atoms with Crippen LogP contribution in [0.3, 0.4) is 0 Å². The lowest BCUT2D eigenvalue weighted by Gasteiger charge is -2.12. The number of ether oxygens (including phenoxy) is 1. The minimum atomic E-state index is -3.84. The van der Waals surface area contributed by atoms with Crippen molar-refractivity contribution in [2.75, 3.05) is 17.1 Å². The molecule has 0 aliphatic heterocycles. The molecule has 0 atom stereocenters. The van der Waals surface area contributed by atoms with Crippen molar-refractivity contribution in [1.82, 2.24) is 4.98 Å². The number of hydrogen-bond acceptors (Lipinski definition) is 6. The molecule has 0 bridgehead atoms. The predicted octanol–water partition coefficient (Wildman–Crippen LogP) is 6.03. The fraction of sp³-hybridized carbons (Fsp3) is 0.0370. The topological polar surface area (TPSA) is 97.4 Å². The van der Waals surface area contributed by atoms with Crippen molar-refractivity contribution in [3.05, 3.63) is 103 Å². The highest BCUT2D eigenvalue weighted by Gasteiger charge is 2.17. The van der Waals surface area contributed by atoms with Gasteiger partial charge in [0.1, 0.15) is 10.8 Å². The van der Waals surface area contributed by atoms with Crippen molar-refractivity contribution in [3.63, 3.8) is 0 Å². The van der Waals surface area contributed by atoms with Gasteiger partial charge in [0.05, 0.1) is 27.9 Å². The molecule has 0 saturated heterocycles. The van der Waals surface area contributed by atoms with Crippen molar-refractivity contribution >= 4 is 48.9 Å². The van der Waals surface area contributed by atoms with E-state index < -0.39 is 10.0 Å². The van der Waals surface area contributed by atoms with E-state index in [1.807, 2.05) is 48.5 Å². The number of nitrogens with one attached hydrogen (secondary N) is 2. The Kier molecular flexibility index (Phi) is 6.41. The zero-order valence-electron chi connectivity index (χ0n) is 19.1. The molecule has 36 heavy (non-hydrogen) atoms. The highest BCUT2D eigenvalue weighted by atomic mass is 32.2. The van der Waals surface area contributed by atoms with Crippen LogP contribution >= 0.6 is 11.3 Å².